The van der Waals surface area contributed by atoms with Gasteiger partial charge in [0, 0.05) is 6.54 Å². The Morgan fingerprint density at radius 3 is 2.67 bits per heavy atom. The molecule has 0 aliphatic rings. The van der Waals surface area contributed by atoms with Crippen LogP contribution in [0.25, 0.3) is 0 Å². The molecular weight excluding hydrogens is 217 g/mol. The van der Waals surface area contributed by atoms with Crippen LogP contribution in [0.2, 0.25) is 0 Å². The Bertz CT molecular complexity index is 431. The highest BCUT2D eigenvalue weighted by molar-refractivity contribution is 7.91. The zero-order valence-corrected chi connectivity index (χ0v) is 9.30. The monoisotopic (exact) mass is 231 g/mol. The van der Waals surface area contributed by atoms with Gasteiger partial charge in [-0.2, -0.15) is 0 Å². The molecule has 0 aliphatic heterocycles. The normalized spacial score (nSPS) is 13.8. The number of alkyl halides is 1. The predicted molar refractivity (Wildman–Crippen MR) is 57.1 cm³/mol. The van der Waals surface area contributed by atoms with Crippen molar-refractivity contribution in [3.8, 4) is 0 Å². The Kier molecular flexibility index (Phi) is 3.82. The summed E-state index contributed by atoms with van der Waals surface area (Å²) < 4.78 is 36.2. The van der Waals surface area contributed by atoms with Crippen molar-refractivity contribution in [1.82, 2.24) is 0 Å². The molecule has 84 valence electrons. The summed E-state index contributed by atoms with van der Waals surface area (Å²) in [7, 11) is -3.27. The Morgan fingerprint density at radius 2 is 2.13 bits per heavy atom. The van der Waals surface area contributed by atoms with Gasteiger partial charge in [-0.05, 0) is 17.7 Å². The SMILES string of the molecule is CCS(=O)(=O)c1cccc(C(F)CN)c1. The van der Waals surface area contributed by atoms with Crippen LogP contribution >= 0.6 is 0 Å². The van der Waals surface area contributed by atoms with Crippen molar-refractivity contribution < 1.29 is 12.8 Å². The van der Waals surface area contributed by atoms with Gasteiger partial charge in [-0.1, -0.05) is 19.1 Å². The van der Waals surface area contributed by atoms with E-state index in [-0.39, 0.29) is 17.2 Å². The van der Waals surface area contributed by atoms with Crippen LogP contribution in [0.5, 0.6) is 0 Å². The van der Waals surface area contributed by atoms with Crippen LogP contribution < -0.4 is 5.73 Å². The van der Waals surface area contributed by atoms with E-state index in [9.17, 15) is 12.8 Å². The lowest BCUT2D eigenvalue weighted by molar-refractivity contribution is 0.352. The molecule has 1 aromatic carbocycles. The zero-order chi connectivity index (χ0) is 11.5. The Balaban J connectivity index is 3.14. The minimum absolute atomic E-state index is 0.00995. The van der Waals surface area contributed by atoms with E-state index in [1.54, 1.807) is 6.92 Å². The summed E-state index contributed by atoms with van der Waals surface area (Å²) >= 11 is 0. The van der Waals surface area contributed by atoms with E-state index in [0.717, 1.165) is 0 Å². The molecule has 0 saturated carbocycles. The quantitative estimate of drug-likeness (QED) is 0.853. The largest absolute Gasteiger partial charge is 0.327 e. The topological polar surface area (TPSA) is 60.2 Å². The van der Waals surface area contributed by atoms with Gasteiger partial charge >= 0.3 is 0 Å². The van der Waals surface area contributed by atoms with Crippen LogP contribution in [-0.4, -0.2) is 20.7 Å². The molecule has 3 nitrogen and oxygen atoms in total. The molecule has 0 aromatic heterocycles. The van der Waals surface area contributed by atoms with Crippen molar-refractivity contribution in [3.05, 3.63) is 29.8 Å². The molecule has 0 heterocycles. The highest BCUT2D eigenvalue weighted by Gasteiger charge is 2.14. The molecule has 0 radical (unpaired) electrons. The first-order valence-electron chi connectivity index (χ1n) is 4.68. The maximum absolute atomic E-state index is 13.2. The third-order valence-electron chi connectivity index (χ3n) is 2.17. The Morgan fingerprint density at radius 1 is 1.47 bits per heavy atom. The van der Waals surface area contributed by atoms with Crippen LogP contribution in [-0.2, 0) is 9.84 Å². The molecule has 0 fully saturated rings. The fourth-order valence-electron chi connectivity index (χ4n) is 1.21. The number of hydrogen-bond donors (Lipinski definition) is 1. The molecule has 0 saturated heterocycles. The minimum atomic E-state index is -3.27. The summed E-state index contributed by atoms with van der Waals surface area (Å²) in [6.07, 6.45) is -1.31. The predicted octanol–water partition coefficient (Wildman–Crippen LogP) is 1.45. The minimum Gasteiger partial charge on any atom is -0.327 e. The average molecular weight is 231 g/mol. The summed E-state index contributed by atoms with van der Waals surface area (Å²) in [6.45, 7) is 1.41. The summed E-state index contributed by atoms with van der Waals surface area (Å²) in [5, 5.41) is 0. The molecular formula is C10H14FNO2S. The summed E-state index contributed by atoms with van der Waals surface area (Å²) in [6, 6.07) is 5.87. The molecule has 1 aromatic rings. The summed E-state index contributed by atoms with van der Waals surface area (Å²) in [5.74, 6) is 0.00995. The zero-order valence-electron chi connectivity index (χ0n) is 8.48. The number of sulfone groups is 1. The van der Waals surface area contributed by atoms with Crippen LogP contribution in [0.1, 0.15) is 18.7 Å². The van der Waals surface area contributed by atoms with Crippen LogP contribution in [0.4, 0.5) is 4.39 Å². The molecule has 0 spiro atoms. The van der Waals surface area contributed by atoms with Gasteiger partial charge in [0.25, 0.3) is 0 Å². The van der Waals surface area contributed by atoms with Crippen LogP contribution in [0.3, 0.4) is 0 Å². The van der Waals surface area contributed by atoms with E-state index in [1.165, 1.54) is 24.3 Å². The molecule has 15 heavy (non-hydrogen) atoms. The number of nitrogens with two attached hydrogens (primary N) is 1. The van der Waals surface area contributed by atoms with Gasteiger partial charge in [0.1, 0.15) is 6.17 Å². The van der Waals surface area contributed by atoms with Crippen molar-refractivity contribution in [1.29, 1.82) is 0 Å². The first kappa shape index (κ1) is 12.1. The molecule has 0 amide bonds. The Labute approximate surface area is 89.0 Å². The highest BCUT2D eigenvalue weighted by atomic mass is 32.2. The molecule has 2 N–H and O–H groups in total. The number of benzene rings is 1. The number of halogens is 1. The smallest absolute Gasteiger partial charge is 0.178 e. The molecule has 0 aliphatic carbocycles. The van der Waals surface area contributed by atoms with Crippen molar-refractivity contribution in [3.63, 3.8) is 0 Å². The molecule has 5 heteroatoms. The van der Waals surface area contributed by atoms with E-state index in [1.807, 2.05) is 0 Å². The second-order valence-corrected chi connectivity index (χ2v) is 5.46. The van der Waals surface area contributed by atoms with Gasteiger partial charge in [-0.25, -0.2) is 12.8 Å². The summed E-state index contributed by atoms with van der Waals surface area (Å²) in [4.78, 5) is 0.151. The van der Waals surface area contributed by atoms with Gasteiger partial charge < -0.3 is 5.73 Å². The molecule has 1 atom stereocenters. The highest BCUT2D eigenvalue weighted by Crippen LogP contribution is 2.20. The van der Waals surface area contributed by atoms with Crippen molar-refractivity contribution in [2.24, 2.45) is 5.73 Å². The molecule has 1 rings (SSSR count). The van der Waals surface area contributed by atoms with Crippen LogP contribution in [0, 0.1) is 0 Å². The number of hydrogen-bond acceptors (Lipinski definition) is 3. The first-order chi connectivity index (χ1) is 7.01. The van der Waals surface area contributed by atoms with Crippen LogP contribution in [0.15, 0.2) is 29.2 Å². The molecule has 1 unspecified atom stereocenters. The van der Waals surface area contributed by atoms with Gasteiger partial charge in [0.05, 0.1) is 10.6 Å². The Hall–Kier alpha value is -0.940. The van der Waals surface area contributed by atoms with Crippen molar-refractivity contribution in [2.75, 3.05) is 12.3 Å². The van der Waals surface area contributed by atoms with Gasteiger partial charge in [0.15, 0.2) is 9.84 Å². The van der Waals surface area contributed by atoms with Gasteiger partial charge in [-0.15, -0.1) is 0 Å². The first-order valence-corrected chi connectivity index (χ1v) is 6.33. The summed E-state index contributed by atoms with van der Waals surface area (Å²) in [5.41, 5.74) is 5.48. The van der Waals surface area contributed by atoms with Gasteiger partial charge in [0.2, 0.25) is 0 Å². The third-order valence-corrected chi connectivity index (χ3v) is 3.90. The van der Waals surface area contributed by atoms with E-state index in [2.05, 4.69) is 0 Å². The van der Waals surface area contributed by atoms with E-state index >= 15 is 0 Å². The number of rotatable bonds is 4. The van der Waals surface area contributed by atoms with E-state index in [0.29, 0.717) is 5.56 Å². The third kappa shape index (κ3) is 2.76. The maximum Gasteiger partial charge on any atom is 0.178 e. The standard InChI is InChI=1S/C10H14FNO2S/c1-2-15(13,14)9-5-3-4-8(6-9)10(11)7-12/h3-6,10H,2,7,12H2,1H3. The lowest BCUT2D eigenvalue weighted by atomic mass is 10.1. The second kappa shape index (κ2) is 4.72. The average Bonchev–Trinajstić information content (AvgIpc) is 2.28. The fourth-order valence-corrected chi connectivity index (χ4v) is 2.14. The van der Waals surface area contributed by atoms with Crippen molar-refractivity contribution >= 4 is 9.84 Å². The molecule has 0 bridgehead atoms. The lowest BCUT2D eigenvalue weighted by Gasteiger charge is -2.07. The van der Waals surface area contributed by atoms with Crippen molar-refractivity contribution in [2.45, 2.75) is 18.0 Å². The van der Waals surface area contributed by atoms with E-state index in [4.69, 9.17) is 5.73 Å². The van der Waals surface area contributed by atoms with Gasteiger partial charge in [-0.3, -0.25) is 0 Å². The maximum atomic E-state index is 13.2. The fraction of sp³-hybridized carbons (Fsp3) is 0.400. The lowest BCUT2D eigenvalue weighted by Crippen LogP contribution is -2.09. The second-order valence-electron chi connectivity index (χ2n) is 3.18. The van der Waals surface area contributed by atoms with E-state index < -0.39 is 16.0 Å².